The van der Waals surface area contributed by atoms with Crippen molar-refractivity contribution < 1.29 is 4.42 Å². The monoisotopic (exact) mass is 779 g/mol. The molecule has 0 spiro atoms. The van der Waals surface area contributed by atoms with Crippen molar-refractivity contribution in [1.82, 2.24) is 0 Å². The van der Waals surface area contributed by atoms with E-state index in [-0.39, 0.29) is 5.41 Å². The van der Waals surface area contributed by atoms with Crippen LogP contribution in [0.5, 0.6) is 0 Å². The Bertz CT molecular complexity index is 3480. The molecule has 10 aromatic carbocycles. The van der Waals surface area contributed by atoms with Gasteiger partial charge in [0.15, 0.2) is 0 Å². The second-order valence-electron chi connectivity index (χ2n) is 16.9. The number of hydrogen-bond acceptors (Lipinski definition) is 2. The summed E-state index contributed by atoms with van der Waals surface area (Å²) in [5, 5.41) is 7.36. The van der Waals surface area contributed by atoms with Crippen LogP contribution in [0, 0.1) is 0 Å². The topological polar surface area (TPSA) is 16.4 Å². The molecule has 0 amide bonds. The highest BCUT2D eigenvalue weighted by Crippen LogP contribution is 2.52. The van der Waals surface area contributed by atoms with E-state index in [1.54, 1.807) is 0 Å². The number of rotatable bonds is 6. The second-order valence-corrected chi connectivity index (χ2v) is 16.9. The lowest BCUT2D eigenvalue weighted by atomic mass is 9.81. The molecule has 0 saturated heterocycles. The summed E-state index contributed by atoms with van der Waals surface area (Å²) >= 11 is 0. The molecule has 0 radical (unpaired) electrons. The Hall–Kier alpha value is -7.68. The number of nitrogens with zero attached hydrogens (tertiary/aromatic N) is 1. The summed E-state index contributed by atoms with van der Waals surface area (Å²) in [7, 11) is 0. The Morgan fingerprint density at radius 1 is 0.328 bits per heavy atom. The lowest BCUT2D eigenvalue weighted by Crippen LogP contribution is -2.16. The average molecular weight is 780 g/mol. The molecule has 0 fully saturated rings. The summed E-state index contributed by atoms with van der Waals surface area (Å²) < 4.78 is 6.15. The van der Waals surface area contributed by atoms with Crippen LogP contribution in [0.15, 0.2) is 217 Å². The molecular formula is C59H41NO. The van der Waals surface area contributed by atoms with Gasteiger partial charge in [-0.2, -0.15) is 0 Å². The van der Waals surface area contributed by atoms with E-state index in [4.69, 9.17) is 4.42 Å². The van der Waals surface area contributed by atoms with E-state index in [2.05, 4.69) is 219 Å². The van der Waals surface area contributed by atoms with Crippen LogP contribution in [0.3, 0.4) is 0 Å². The molecule has 12 rings (SSSR count). The number of fused-ring (bicyclic) bond motifs is 9. The zero-order chi connectivity index (χ0) is 40.7. The Morgan fingerprint density at radius 3 is 1.70 bits per heavy atom. The van der Waals surface area contributed by atoms with Crippen molar-refractivity contribution in [3.8, 4) is 44.5 Å². The van der Waals surface area contributed by atoms with Crippen LogP contribution >= 0.6 is 0 Å². The summed E-state index contributed by atoms with van der Waals surface area (Å²) in [6, 6.07) is 77.5. The minimum absolute atomic E-state index is 0.181. The normalized spacial score (nSPS) is 12.9. The number of benzene rings is 10. The van der Waals surface area contributed by atoms with E-state index in [9.17, 15) is 0 Å². The van der Waals surface area contributed by atoms with Crippen molar-refractivity contribution in [2.45, 2.75) is 19.3 Å². The van der Waals surface area contributed by atoms with Gasteiger partial charge in [0, 0.05) is 33.2 Å². The van der Waals surface area contributed by atoms with Crippen molar-refractivity contribution in [2.24, 2.45) is 0 Å². The quantitative estimate of drug-likeness (QED) is 0.156. The molecule has 1 aliphatic rings. The fourth-order valence-corrected chi connectivity index (χ4v) is 9.91. The number of hydrogen-bond donors (Lipinski definition) is 0. The Balaban J connectivity index is 0.961. The van der Waals surface area contributed by atoms with Crippen molar-refractivity contribution in [3.63, 3.8) is 0 Å². The van der Waals surface area contributed by atoms with Crippen molar-refractivity contribution >= 4 is 60.5 Å². The van der Waals surface area contributed by atoms with Gasteiger partial charge in [0.2, 0.25) is 0 Å². The molecule has 0 N–H and O–H groups in total. The van der Waals surface area contributed by atoms with Crippen LogP contribution < -0.4 is 4.90 Å². The van der Waals surface area contributed by atoms with Gasteiger partial charge in [0.1, 0.15) is 11.2 Å². The highest BCUT2D eigenvalue weighted by atomic mass is 16.3. The maximum absolute atomic E-state index is 6.15. The van der Waals surface area contributed by atoms with Gasteiger partial charge < -0.3 is 9.32 Å². The van der Waals surface area contributed by atoms with Gasteiger partial charge in [-0.3, -0.25) is 0 Å². The van der Waals surface area contributed by atoms with Crippen molar-refractivity contribution in [1.29, 1.82) is 0 Å². The van der Waals surface area contributed by atoms with E-state index in [1.165, 1.54) is 66.1 Å². The minimum atomic E-state index is -0.181. The summed E-state index contributed by atoms with van der Waals surface area (Å²) in [4.78, 5) is 2.41. The van der Waals surface area contributed by atoms with E-state index in [0.717, 1.165) is 50.1 Å². The predicted octanol–water partition coefficient (Wildman–Crippen LogP) is 16.7. The zero-order valence-electron chi connectivity index (χ0n) is 34.1. The van der Waals surface area contributed by atoms with Gasteiger partial charge in [-0.1, -0.05) is 166 Å². The predicted molar refractivity (Wildman–Crippen MR) is 257 cm³/mol. The molecule has 2 heteroatoms. The van der Waals surface area contributed by atoms with E-state index < -0.39 is 0 Å². The lowest BCUT2D eigenvalue weighted by Gasteiger charge is -2.28. The van der Waals surface area contributed by atoms with Gasteiger partial charge in [-0.15, -0.1) is 0 Å². The molecule has 1 aromatic heterocycles. The number of anilines is 3. The van der Waals surface area contributed by atoms with E-state index >= 15 is 0 Å². The molecule has 0 unspecified atom stereocenters. The largest absolute Gasteiger partial charge is 0.456 e. The molecule has 61 heavy (non-hydrogen) atoms. The average Bonchev–Trinajstić information content (AvgIpc) is 3.80. The third-order valence-electron chi connectivity index (χ3n) is 13.1. The maximum Gasteiger partial charge on any atom is 0.135 e. The maximum atomic E-state index is 6.15. The first-order valence-corrected chi connectivity index (χ1v) is 21.2. The Morgan fingerprint density at radius 2 is 0.902 bits per heavy atom. The van der Waals surface area contributed by atoms with Gasteiger partial charge >= 0.3 is 0 Å². The zero-order valence-corrected chi connectivity index (χ0v) is 34.1. The summed E-state index contributed by atoms with van der Waals surface area (Å²) in [6.45, 7) is 4.75. The molecule has 11 aromatic rings. The van der Waals surface area contributed by atoms with Crippen molar-refractivity contribution in [2.75, 3.05) is 4.90 Å². The number of para-hydroxylation sites is 1. The first kappa shape index (κ1) is 35.3. The van der Waals surface area contributed by atoms with Gasteiger partial charge in [0.25, 0.3) is 0 Å². The molecule has 0 saturated carbocycles. The van der Waals surface area contributed by atoms with Crippen LogP contribution in [0.25, 0.3) is 88.0 Å². The standard InChI is InChI=1S/C59H41NO/c1-59(2)55-36-43(38-11-4-3-5-12-38)24-32-51(55)52-33-30-46(37-56(52)59)60(44-26-19-39(20-27-44)42-25-34-58-54(35-42)53-15-8-9-18-57(53)61-58)45-28-21-41(22-29-45)48-16-10-17-49-47-14-7-6-13-40(47)23-31-50(48)49/h3-37H,1-2H3. The third-order valence-corrected chi connectivity index (χ3v) is 13.1. The van der Waals surface area contributed by atoms with Gasteiger partial charge in [0.05, 0.1) is 0 Å². The van der Waals surface area contributed by atoms with E-state index in [1.807, 2.05) is 12.1 Å². The molecule has 0 bridgehead atoms. The van der Waals surface area contributed by atoms with Crippen molar-refractivity contribution in [3.05, 3.63) is 223 Å². The fraction of sp³-hybridized carbons (Fsp3) is 0.0508. The SMILES string of the molecule is CC1(C)c2cc(-c3ccccc3)ccc2-c2ccc(N(c3ccc(-c4ccc5oc6ccccc6c5c4)cc3)c3ccc(-c4cccc5c4ccc4ccccc45)cc3)cc21. The Kier molecular flexibility index (Phi) is 7.92. The molecular weight excluding hydrogens is 739 g/mol. The van der Waals surface area contributed by atoms with Gasteiger partial charge in [-0.05, 0) is 138 Å². The first-order valence-electron chi connectivity index (χ1n) is 21.2. The molecule has 0 atom stereocenters. The highest BCUT2D eigenvalue weighted by molar-refractivity contribution is 6.12. The summed E-state index contributed by atoms with van der Waals surface area (Å²) in [5.41, 5.74) is 17.6. The third kappa shape index (κ3) is 5.71. The first-order chi connectivity index (χ1) is 30.0. The summed E-state index contributed by atoms with van der Waals surface area (Å²) in [5.74, 6) is 0. The van der Waals surface area contributed by atoms with Gasteiger partial charge in [-0.25, -0.2) is 0 Å². The second kappa shape index (κ2) is 13.7. The molecule has 2 nitrogen and oxygen atoms in total. The van der Waals surface area contributed by atoms with Crippen LogP contribution in [0.2, 0.25) is 0 Å². The van der Waals surface area contributed by atoms with Crippen LogP contribution in [0.4, 0.5) is 17.1 Å². The minimum Gasteiger partial charge on any atom is -0.456 e. The number of furan rings is 1. The highest BCUT2D eigenvalue weighted by Gasteiger charge is 2.36. The molecule has 288 valence electrons. The molecule has 0 aliphatic heterocycles. The van der Waals surface area contributed by atoms with Crippen LogP contribution in [-0.2, 0) is 5.41 Å². The lowest BCUT2D eigenvalue weighted by molar-refractivity contribution is 0.660. The van der Waals surface area contributed by atoms with Crippen LogP contribution in [0.1, 0.15) is 25.0 Å². The fourth-order valence-electron chi connectivity index (χ4n) is 9.91. The van der Waals surface area contributed by atoms with E-state index in [0.29, 0.717) is 0 Å². The summed E-state index contributed by atoms with van der Waals surface area (Å²) in [6.07, 6.45) is 0. The van der Waals surface area contributed by atoms with Crippen LogP contribution in [-0.4, -0.2) is 0 Å². The molecule has 1 heterocycles. The smallest absolute Gasteiger partial charge is 0.135 e. The Labute approximate surface area is 355 Å². The molecule has 1 aliphatic carbocycles.